The van der Waals surface area contributed by atoms with Gasteiger partial charge in [0.05, 0.1) is 11.9 Å². The van der Waals surface area contributed by atoms with Gasteiger partial charge in [0.15, 0.2) is 0 Å². The maximum atomic E-state index is 12.2. The highest BCUT2D eigenvalue weighted by molar-refractivity contribution is 7.92. The first-order valence-corrected chi connectivity index (χ1v) is 9.02. The molecule has 0 heterocycles. The van der Waals surface area contributed by atoms with Gasteiger partial charge in [-0.05, 0) is 49.2 Å². The van der Waals surface area contributed by atoms with Gasteiger partial charge in [-0.15, -0.1) is 0 Å². The molecule has 122 valence electrons. The van der Waals surface area contributed by atoms with Crippen LogP contribution < -0.4 is 9.62 Å². The third-order valence-corrected chi connectivity index (χ3v) is 4.66. The summed E-state index contributed by atoms with van der Waals surface area (Å²) in [6, 6.07) is 14.1. The molecule has 0 radical (unpaired) electrons. The molecule has 0 unspecified atom stereocenters. The van der Waals surface area contributed by atoms with Crippen molar-refractivity contribution in [1.29, 1.82) is 0 Å². The van der Waals surface area contributed by atoms with Crippen molar-refractivity contribution in [3.63, 3.8) is 0 Å². The van der Waals surface area contributed by atoms with E-state index in [1.807, 2.05) is 26.0 Å². The maximum Gasteiger partial charge on any atom is 0.245 e. The van der Waals surface area contributed by atoms with Crippen LogP contribution in [0.5, 0.6) is 0 Å². The number of sulfonamides is 1. The number of para-hydroxylation sites is 1. The van der Waals surface area contributed by atoms with Crippen LogP contribution in [0, 0.1) is 13.8 Å². The molecule has 1 amide bonds. The zero-order chi connectivity index (χ0) is 17.0. The van der Waals surface area contributed by atoms with Gasteiger partial charge >= 0.3 is 0 Å². The lowest BCUT2D eigenvalue weighted by atomic mass is 10.1. The Morgan fingerprint density at radius 1 is 1.04 bits per heavy atom. The Kier molecular flexibility index (Phi) is 5.05. The lowest BCUT2D eigenvalue weighted by Gasteiger charge is -2.21. The van der Waals surface area contributed by atoms with Crippen molar-refractivity contribution in [3.05, 3.63) is 59.7 Å². The number of anilines is 2. The Labute approximate surface area is 137 Å². The minimum Gasteiger partial charge on any atom is -0.325 e. The Hall–Kier alpha value is -2.34. The fraction of sp³-hybridized carbons (Fsp3) is 0.235. The molecule has 2 aromatic rings. The van der Waals surface area contributed by atoms with Gasteiger partial charge in [-0.2, -0.15) is 0 Å². The van der Waals surface area contributed by atoms with Crippen molar-refractivity contribution in [2.24, 2.45) is 0 Å². The molecule has 0 atom stereocenters. The van der Waals surface area contributed by atoms with E-state index in [2.05, 4.69) is 5.32 Å². The van der Waals surface area contributed by atoms with Gasteiger partial charge in [0, 0.05) is 5.69 Å². The van der Waals surface area contributed by atoms with Crippen LogP contribution in [0.1, 0.15) is 11.1 Å². The predicted molar refractivity (Wildman–Crippen MR) is 93.2 cm³/mol. The molecule has 0 aromatic heterocycles. The monoisotopic (exact) mass is 332 g/mol. The van der Waals surface area contributed by atoms with Crippen LogP contribution in [0.4, 0.5) is 11.4 Å². The summed E-state index contributed by atoms with van der Waals surface area (Å²) < 4.78 is 25.0. The number of hydrogen-bond donors (Lipinski definition) is 1. The molecular formula is C17H20N2O3S. The van der Waals surface area contributed by atoms with Crippen molar-refractivity contribution >= 4 is 27.3 Å². The molecule has 1 N–H and O–H groups in total. The number of rotatable bonds is 5. The number of carbonyl (C=O) groups is 1. The molecular weight excluding hydrogens is 312 g/mol. The van der Waals surface area contributed by atoms with Crippen molar-refractivity contribution in [2.45, 2.75) is 13.8 Å². The van der Waals surface area contributed by atoms with Crippen LogP contribution >= 0.6 is 0 Å². The second-order valence-corrected chi connectivity index (χ2v) is 7.36. The van der Waals surface area contributed by atoms with Crippen LogP contribution in [-0.4, -0.2) is 27.1 Å². The minimum absolute atomic E-state index is 0.268. The van der Waals surface area contributed by atoms with Crippen LogP contribution in [-0.2, 0) is 14.8 Å². The van der Waals surface area contributed by atoms with Crippen molar-refractivity contribution < 1.29 is 13.2 Å². The third-order valence-electron chi connectivity index (χ3n) is 3.52. The smallest absolute Gasteiger partial charge is 0.245 e. The molecule has 0 bridgehead atoms. The summed E-state index contributed by atoms with van der Waals surface area (Å²) in [5.74, 6) is -0.387. The number of nitrogens with zero attached hydrogens (tertiary/aromatic N) is 1. The van der Waals surface area contributed by atoms with Crippen molar-refractivity contribution in [3.8, 4) is 0 Å². The Morgan fingerprint density at radius 2 is 1.70 bits per heavy atom. The molecule has 0 aliphatic carbocycles. The van der Waals surface area contributed by atoms with Crippen LogP contribution in [0.25, 0.3) is 0 Å². The number of hydrogen-bond acceptors (Lipinski definition) is 3. The summed E-state index contributed by atoms with van der Waals surface area (Å²) in [6.45, 7) is 3.68. The van der Waals surface area contributed by atoms with Crippen molar-refractivity contribution in [2.75, 3.05) is 22.4 Å². The molecule has 0 saturated heterocycles. The van der Waals surface area contributed by atoms with Gasteiger partial charge in [0.2, 0.25) is 15.9 Å². The second kappa shape index (κ2) is 6.83. The minimum atomic E-state index is -3.55. The number of nitrogens with one attached hydrogen (secondary N) is 1. The topological polar surface area (TPSA) is 66.5 Å². The van der Waals surface area contributed by atoms with Gasteiger partial charge in [-0.25, -0.2) is 8.42 Å². The molecule has 0 aliphatic rings. The highest BCUT2D eigenvalue weighted by atomic mass is 32.2. The zero-order valence-electron chi connectivity index (χ0n) is 13.4. The van der Waals surface area contributed by atoms with E-state index in [4.69, 9.17) is 0 Å². The summed E-state index contributed by atoms with van der Waals surface area (Å²) in [7, 11) is -3.55. The number of amides is 1. The first kappa shape index (κ1) is 17.0. The van der Waals surface area contributed by atoms with E-state index < -0.39 is 10.0 Å². The summed E-state index contributed by atoms with van der Waals surface area (Å²) in [5.41, 5.74) is 3.31. The summed E-state index contributed by atoms with van der Waals surface area (Å²) >= 11 is 0. The van der Waals surface area contributed by atoms with Crippen LogP contribution in [0.2, 0.25) is 0 Å². The van der Waals surface area contributed by atoms with Gasteiger partial charge in [0.1, 0.15) is 6.54 Å². The summed E-state index contributed by atoms with van der Waals surface area (Å²) in [4.78, 5) is 12.2. The first-order chi connectivity index (χ1) is 10.8. The molecule has 0 saturated carbocycles. The molecule has 6 heteroatoms. The SMILES string of the molecule is Cc1ccc(NC(=O)CN(c2ccccc2)S(C)(=O)=O)cc1C. The fourth-order valence-electron chi connectivity index (χ4n) is 2.14. The average Bonchev–Trinajstić information content (AvgIpc) is 2.48. The number of carbonyl (C=O) groups excluding carboxylic acids is 1. The molecule has 2 aromatic carbocycles. The van der Waals surface area contributed by atoms with E-state index in [1.165, 1.54) is 0 Å². The fourth-order valence-corrected chi connectivity index (χ4v) is 3.00. The van der Waals surface area contributed by atoms with Gasteiger partial charge in [-0.3, -0.25) is 9.10 Å². The lowest BCUT2D eigenvalue weighted by Crippen LogP contribution is -2.37. The molecule has 5 nitrogen and oxygen atoms in total. The number of aryl methyl sites for hydroxylation is 2. The molecule has 0 fully saturated rings. The Bertz CT molecular complexity index is 802. The Balaban J connectivity index is 2.17. The van der Waals surface area contributed by atoms with E-state index in [-0.39, 0.29) is 12.5 Å². The maximum absolute atomic E-state index is 12.2. The van der Waals surface area contributed by atoms with Gasteiger partial charge in [-0.1, -0.05) is 24.3 Å². The van der Waals surface area contributed by atoms with Gasteiger partial charge < -0.3 is 5.32 Å². The highest BCUT2D eigenvalue weighted by Gasteiger charge is 2.20. The quantitative estimate of drug-likeness (QED) is 0.915. The van der Waals surface area contributed by atoms with Crippen molar-refractivity contribution in [1.82, 2.24) is 0 Å². The number of benzene rings is 2. The van der Waals surface area contributed by atoms with E-state index >= 15 is 0 Å². The second-order valence-electron chi connectivity index (χ2n) is 5.45. The molecule has 0 spiro atoms. The lowest BCUT2D eigenvalue weighted by molar-refractivity contribution is -0.114. The van der Waals surface area contributed by atoms with E-state index in [1.54, 1.807) is 36.4 Å². The highest BCUT2D eigenvalue weighted by Crippen LogP contribution is 2.18. The largest absolute Gasteiger partial charge is 0.325 e. The van der Waals surface area contributed by atoms with E-state index in [0.29, 0.717) is 11.4 Å². The van der Waals surface area contributed by atoms with E-state index in [0.717, 1.165) is 21.7 Å². The average molecular weight is 332 g/mol. The zero-order valence-corrected chi connectivity index (χ0v) is 14.2. The standard InChI is InChI=1S/C17H20N2O3S/c1-13-9-10-15(11-14(13)2)18-17(20)12-19(23(3,21)22)16-7-5-4-6-8-16/h4-11H,12H2,1-3H3,(H,18,20). The summed E-state index contributed by atoms with van der Waals surface area (Å²) in [5, 5.41) is 2.74. The first-order valence-electron chi connectivity index (χ1n) is 7.17. The van der Waals surface area contributed by atoms with Gasteiger partial charge in [0.25, 0.3) is 0 Å². The van der Waals surface area contributed by atoms with Crippen LogP contribution in [0.3, 0.4) is 0 Å². The molecule has 0 aliphatic heterocycles. The molecule has 2 rings (SSSR count). The normalized spacial score (nSPS) is 11.1. The van der Waals surface area contributed by atoms with Crippen LogP contribution in [0.15, 0.2) is 48.5 Å². The predicted octanol–water partition coefficient (Wildman–Crippen LogP) is 2.71. The molecule has 23 heavy (non-hydrogen) atoms. The Morgan fingerprint density at radius 3 is 2.26 bits per heavy atom. The summed E-state index contributed by atoms with van der Waals surface area (Å²) in [6.07, 6.45) is 1.09. The third kappa shape index (κ3) is 4.56. The van der Waals surface area contributed by atoms with E-state index in [9.17, 15) is 13.2 Å².